The van der Waals surface area contributed by atoms with E-state index in [2.05, 4.69) is 22.2 Å². The summed E-state index contributed by atoms with van der Waals surface area (Å²) in [5.74, 6) is 1.17. The topological polar surface area (TPSA) is 67.0 Å². The molecular weight excluding hydrogens is 254 g/mol. The van der Waals surface area contributed by atoms with Crippen LogP contribution in [0.3, 0.4) is 0 Å². The summed E-state index contributed by atoms with van der Waals surface area (Å²) >= 11 is 0. The third kappa shape index (κ3) is 3.60. The molecule has 0 radical (unpaired) electrons. The molecule has 0 aliphatic heterocycles. The SMILES string of the molecule is CCCc1cc(=O)[nH]c(Nc2ccccc2OCC)n1. The third-order valence-corrected chi connectivity index (χ3v) is 2.74. The van der Waals surface area contributed by atoms with Crippen molar-refractivity contribution in [1.29, 1.82) is 0 Å². The van der Waals surface area contributed by atoms with E-state index in [1.165, 1.54) is 6.07 Å². The molecule has 1 aromatic heterocycles. The van der Waals surface area contributed by atoms with E-state index < -0.39 is 0 Å². The first-order chi connectivity index (χ1) is 9.72. The maximum absolute atomic E-state index is 11.6. The molecule has 20 heavy (non-hydrogen) atoms. The van der Waals surface area contributed by atoms with Gasteiger partial charge in [-0.25, -0.2) is 4.98 Å². The number of rotatable bonds is 6. The van der Waals surface area contributed by atoms with Gasteiger partial charge in [-0.3, -0.25) is 9.78 Å². The van der Waals surface area contributed by atoms with Crippen molar-refractivity contribution >= 4 is 11.6 Å². The largest absolute Gasteiger partial charge is 0.492 e. The van der Waals surface area contributed by atoms with Crippen LogP contribution in [-0.2, 0) is 6.42 Å². The van der Waals surface area contributed by atoms with E-state index in [4.69, 9.17) is 4.74 Å². The predicted octanol–water partition coefficient (Wildman–Crippen LogP) is 2.86. The van der Waals surface area contributed by atoms with Crippen LogP contribution in [0.4, 0.5) is 11.6 Å². The molecule has 2 N–H and O–H groups in total. The standard InChI is InChI=1S/C15H19N3O2/c1-3-7-11-10-14(19)18-15(16-11)17-12-8-5-6-9-13(12)20-4-2/h5-6,8-10H,3-4,7H2,1-2H3,(H2,16,17,18,19). The highest BCUT2D eigenvalue weighted by Crippen LogP contribution is 2.25. The number of nitrogens with one attached hydrogen (secondary N) is 2. The summed E-state index contributed by atoms with van der Waals surface area (Å²) < 4.78 is 5.53. The van der Waals surface area contributed by atoms with Crippen molar-refractivity contribution in [2.75, 3.05) is 11.9 Å². The molecule has 1 aromatic carbocycles. The van der Waals surface area contributed by atoms with Crippen LogP contribution in [0.5, 0.6) is 5.75 Å². The second-order valence-corrected chi connectivity index (χ2v) is 4.39. The molecule has 0 spiro atoms. The smallest absolute Gasteiger partial charge is 0.252 e. The van der Waals surface area contributed by atoms with Crippen LogP contribution in [-0.4, -0.2) is 16.6 Å². The average Bonchev–Trinajstić information content (AvgIpc) is 2.41. The van der Waals surface area contributed by atoms with Crippen LogP contribution in [0, 0.1) is 0 Å². The molecule has 0 unspecified atom stereocenters. The maximum Gasteiger partial charge on any atom is 0.252 e. The van der Waals surface area contributed by atoms with E-state index in [0.717, 1.165) is 30.0 Å². The quantitative estimate of drug-likeness (QED) is 0.849. The molecule has 1 heterocycles. The normalized spacial score (nSPS) is 10.3. The molecule has 5 nitrogen and oxygen atoms in total. The van der Waals surface area contributed by atoms with Crippen LogP contribution in [0.25, 0.3) is 0 Å². The van der Waals surface area contributed by atoms with Gasteiger partial charge >= 0.3 is 0 Å². The van der Waals surface area contributed by atoms with Gasteiger partial charge in [0.2, 0.25) is 5.95 Å². The highest BCUT2D eigenvalue weighted by Gasteiger charge is 2.05. The van der Waals surface area contributed by atoms with Gasteiger partial charge in [0.25, 0.3) is 5.56 Å². The van der Waals surface area contributed by atoms with Gasteiger partial charge in [-0.15, -0.1) is 0 Å². The minimum absolute atomic E-state index is 0.153. The highest BCUT2D eigenvalue weighted by molar-refractivity contribution is 5.62. The van der Waals surface area contributed by atoms with Crippen LogP contribution >= 0.6 is 0 Å². The Morgan fingerprint density at radius 1 is 1.30 bits per heavy atom. The Morgan fingerprint density at radius 3 is 2.85 bits per heavy atom. The van der Waals surface area contributed by atoms with Crippen molar-refractivity contribution in [2.24, 2.45) is 0 Å². The fourth-order valence-corrected chi connectivity index (χ4v) is 1.93. The van der Waals surface area contributed by atoms with Crippen molar-refractivity contribution < 1.29 is 4.74 Å². The summed E-state index contributed by atoms with van der Waals surface area (Å²) in [7, 11) is 0. The monoisotopic (exact) mass is 273 g/mol. The van der Waals surface area contributed by atoms with E-state index >= 15 is 0 Å². The van der Waals surface area contributed by atoms with Crippen molar-refractivity contribution in [3.05, 3.63) is 46.4 Å². The lowest BCUT2D eigenvalue weighted by Crippen LogP contribution is -2.12. The molecule has 0 aliphatic rings. The molecular formula is C15H19N3O2. The molecule has 0 atom stereocenters. The first kappa shape index (κ1) is 14.1. The van der Waals surface area contributed by atoms with E-state index in [1.807, 2.05) is 31.2 Å². The zero-order valence-electron chi connectivity index (χ0n) is 11.8. The minimum Gasteiger partial charge on any atom is -0.492 e. The van der Waals surface area contributed by atoms with E-state index in [9.17, 15) is 4.79 Å². The fraction of sp³-hybridized carbons (Fsp3) is 0.333. The van der Waals surface area contributed by atoms with Gasteiger partial charge in [-0.2, -0.15) is 0 Å². The first-order valence-electron chi connectivity index (χ1n) is 6.82. The Balaban J connectivity index is 2.27. The van der Waals surface area contributed by atoms with Crippen molar-refractivity contribution in [3.63, 3.8) is 0 Å². The Kier molecular flexibility index (Phi) is 4.76. The van der Waals surface area contributed by atoms with Crippen LogP contribution in [0.2, 0.25) is 0 Å². The Morgan fingerprint density at radius 2 is 2.10 bits per heavy atom. The lowest BCUT2D eigenvalue weighted by atomic mass is 10.2. The number of benzene rings is 1. The van der Waals surface area contributed by atoms with Crippen molar-refractivity contribution in [1.82, 2.24) is 9.97 Å². The minimum atomic E-state index is -0.153. The number of para-hydroxylation sites is 2. The second-order valence-electron chi connectivity index (χ2n) is 4.39. The molecule has 0 saturated carbocycles. The summed E-state index contributed by atoms with van der Waals surface area (Å²) in [6.45, 7) is 4.57. The van der Waals surface area contributed by atoms with Crippen molar-refractivity contribution in [2.45, 2.75) is 26.7 Å². The summed E-state index contributed by atoms with van der Waals surface area (Å²) in [4.78, 5) is 18.7. The van der Waals surface area contributed by atoms with Gasteiger partial charge in [0.1, 0.15) is 5.75 Å². The third-order valence-electron chi connectivity index (χ3n) is 2.74. The summed E-state index contributed by atoms with van der Waals surface area (Å²) in [6, 6.07) is 9.10. The zero-order valence-corrected chi connectivity index (χ0v) is 11.8. The number of hydrogen-bond acceptors (Lipinski definition) is 4. The number of hydrogen-bond donors (Lipinski definition) is 2. The maximum atomic E-state index is 11.6. The van der Waals surface area contributed by atoms with Gasteiger partial charge < -0.3 is 10.1 Å². The number of nitrogens with zero attached hydrogens (tertiary/aromatic N) is 1. The number of aromatic amines is 1. The molecule has 5 heteroatoms. The van der Waals surface area contributed by atoms with Crippen LogP contribution < -0.4 is 15.6 Å². The lowest BCUT2D eigenvalue weighted by molar-refractivity contribution is 0.342. The Bertz CT molecular complexity index is 623. The molecule has 0 saturated heterocycles. The number of anilines is 2. The van der Waals surface area contributed by atoms with Gasteiger partial charge in [0, 0.05) is 11.8 Å². The molecule has 0 aliphatic carbocycles. The Hall–Kier alpha value is -2.30. The lowest BCUT2D eigenvalue weighted by Gasteiger charge is -2.11. The van der Waals surface area contributed by atoms with E-state index in [0.29, 0.717) is 12.6 Å². The fourth-order valence-electron chi connectivity index (χ4n) is 1.93. The molecule has 106 valence electrons. The predicted molar refractivity (Wildman–Crippen MR) is 79.7 cm³/mol. The molecule has 2 aromatic rings. The summed E-state index contributed by atoms with van der Waals surface area (Å²) in [5, 5.41) is 3.11. The Labute approximate surface area is 118 Å². The molecule has 0 bridgehead atoms. The number of H-pyrrole nitrogens is 1. The van der Waals surface area contributed by atoms with Crippen LogP contribution in [0.15, 0.2) is 35.1 Å². The van der Waals surface area contributed by atoms with E-state index in [-0.39, 0.29) is 5.56 Å². The number of aromatic nitrogens is 2. The second kappa shape index (κ2) is 6.75. The summed E-state index contributed by atoms with van der Waals surface area (Å²) in [6.07, 6.45) is 1.73. The zero-order chi connectivity index (χ0) is 14.4. The number of aryl methyl sites for hydroxylation is 1. The highest BCUT2D eigenvalue weighted by atomic mass is 16.5. The molecule has 0 amide bonds. The number of ether oxygens (including phenoxy) is 1. The molecule has 0 fully saturated rings. The van der Waals surface area contributed by atoms with Crippen LogP contribution in [0.1, 0.15) is 26.0 Å². The van der Waals surface area contributed by atoms with E-state index in [1.54, 1.807) is 0 Å². The van der Waals surface area contributed by atoms with Crippen molar-refractivity contribution in [3.8, 4) is 5.75 Å². The van der Waals surface area contributed by atoms with Gasteiger partial charge in [0.05, 0.1) is 12.3 Å². The van der Waals surface area contributed by atoms with Gasteiger partial charge in [0.15, 0.2) is 0 Å². The van der Waals surface area contributed by atoms with Gasteiger partial charge in [-0.05, 0) is 25.5 Å². The molecule has 2 rings (SSSR count). The summed E-state index contributed by atoms with van der Waals surface area (Å²) in [5.41, 5.74) is 1.42. The van der Waals surface area contributed by atoms with Gasteiger partial charge in [-0.1, -0.05) is 25.5 Å². The average molecular weight is 273 g/mol. The first-order valence-corrected chi connectivity index (χ1v) is 6.82.